The average molecular weight is 303 g/mol. The molecule has 0 atom stereocenters. The van der Waals surface area contributed by atoms with Crippen LogP contribution in [-0.2, 0) is 6.42 Å². The highest BCUT2D eigenvalue weighted by Crippen LogP contribution is 2.34. The maximum absolute atomic E-state index is 12.8. The average Bonchev–Trinajstić information content (AvgIpc) is 2.92. The van der Waals surface area contributed by atoms with E-state index in [2.05, 4.69) is 0 Å². The molecule has 0 aliphatic carbocycles. The van der Waals surface area contributed by atoms with Gasteiger partial charge in [0.1, 0.15) is 5.75 Å². The second kappa shape index (κ2) is 5.30. The van der Waals surface area contributed by atoms with Crippen LogP contribution in [-0.4, -0.2) is 19.6 Å². The molecule has 0 fully saturated rings. The Balaban J connectivity index is 2.01. The number of anilines is 2. The van der Waals surface area contributed by atoms with Crippen molar-refractivity contribution in [1.29, 1.82) is 0 Å². The number of ether oxygens (including phenoxy) is 1. The standard InChI is InChI=1S/C16H15ClN2O2/c1-21-15-9-10(17)5-6-12(15)16(20)19-8-7-11-13(18)3-2-4-14(11)19/h2-6,9H,7-8,18H2,1H3. The first-order valence-electron chi connectivity index (χ1n) is 6.64. The first-order valence-corrected chi connectivity index (χ1v) is 7.02. The third-order valence-corrected chi connectivity index (χ3v) is 3.94. The van der Waals surface area contributed by atoms with E-state index in [4.69, 9.17) is 22.1 Å². The predicted molar refractivity (Wildman–Crippen MR) is 84.2 cm³/mol. The van der Waals surface area contributed by atoms with Crippen LogP contribution in [0.5, 0.6) is 5.75 Å². The lowest BCUT2D eigenvalue weighted by Gasteiger charge is -2.19. The lowest BCUT2D eigenvalue weighted by atomic mass is 10.1. The molecule has 1 aliphatic heterocycles. The fourth-order valence-electron chi connectivity index (χ4n) is 2.66. The topological polar surface area (TPSA) is 55.6 Å². The Morgan fingerprint density at radius 1 is 1.33 bits per heavy atom. The summed E-state index contributed by atoms with van der Waals surface area (Å²) < 4.78 is 5.26. The van der Waals surface area contributed by atoms with Crippen LogP contribution >= 0.6 is 11.6 Å². The molecule has 2 N–H and O–H groups in total. The summed E-state index contributed by atoms with van der Waals surface area (Å²) in [6, 6.07) is 10.7. The van der Waals surface area contributed by atoms with Crippen molar-refractivity contribution in [2.24, 2.45) is 0 Å². The van der Waals surface area contributed by atoms with E-state index < -0.39 is 0 Å². The van der Waals surface area contributed by atoms with E-state index in [1.54, 1.807) is 23.1 Å². The van der Waals surface area contributed by atoms with Gasteiger partial charge in [0.05, 0.1) is 12.7 Å². The zero-order valence-electron chi connectivity index (χ0n) is 11.6. The molecule has 0 bridgehead atoms. The smallest absolute Gasteiger partial charge is 0.262 e. The minimum atomic E-state index is -0.104. The molecular formula is C16H15ClN2O2. The van der Waals surface area contributed by atoms with Crippen molar-refractivity contribution in [2.45, 2.75) is 6.42 Å². The molecule has 0 aromatic heterocycles. The van der Waals surface area contributed by atoms with Crippen LogP contribution in [0.25, 0.3) is 0 Å². The molecule has 108 valence electrons. The summed E-state index contributed by atoms with van der Waals surface area (Å²) in [7, 11) is 1.53. The van der Waals surface area contributed by atoms with Crippen molar-refractivity contribution >= 4 is 28.9 Å². The molecule has 2 aromatic rings. The van der Waals surface area contributed by atoms with Crippen LogP contribution in [0.4, 0.5) is 11.4 Å². The van der Waals surface area contributed by atoms with Gasteiger partial charge in [-0.2, -0.15) is 0 Å². The molecule has 1 amide bonds. The van der Waals surface area contributed by atoms with Crippen molar-refractivity contribution < 1.29 is 9.53 Å². The Bertz CT molecular complexity index is 715. The monoisotopic (exact) mass is 302 g/mol. The minimum absolute atomic E-state index is 0.104. The van der Waals surface area contributed by atoms with E-state index in [9.17, 15) is 4.79 Å². The van der Waals surface area contributed by atoms with Crippen molar-refractivity contribution in [3.8, 4) is 5.75 Å². The number of rotatable bonds is 2. The lowest BCUT2D eigenvalue weighted by Crippen LogP contribution is -2.29. The number of nitrogen functional groups attached to an aromatic ring is 1. The van der Waals surface area contributed by atoms with E-state index in [0.29, 0.717) is 22.9 Å². The Labute approximate surface area is 128 Å². The number of nitrogens with two attached hydrogens (primary N) is 1. The molecule has 21 heavy (non-hydrogen) atoms. The third-order valence-electron chi connectivity index (χ3n) is 3.70. The second-order valence-electron chi connectivity index (χ2n) is 4.90. The number of benzene rings is 2. The molecule has 1 heterocycles. The number of carbonyl (C=O) groups excluding carboxylic acids is 1. The van der Waals surface area contributed by atoms with Gasteiger partial charge in [-0.3, -0.25) is 4.79 Å². The van der Waals surface area contributed by atoms with E-state index >= 15 is 0 Å². The van der Waals surface area contributed by atoms with E-state index in [0.717, 1.165) is 23.4 Å². The van der Waals surface area contributed by atoms with Crippen molar-refractivity contribution in [3.63, 3.8) is 0 Å². The molecule has 0 spiro atoms. The summed E-state index contributed by atoms with van der Waals surface area (Å²) in [5.41, 5.74) is 9.09. The first kappa shape index (κ1) is 13.8. The van der Waals surface area contributed by atoms with Gasteiger partial charge in [-0.15, -0.1) is 0 Å². The molecule has 1 aliphatic rings. The molecule has 4 nitrogen and oxygen atoms in total. The first-order chi connectivity index (χ1) is 10.1. The minimum Gasteiger partial charge on any atom is -0.496 e. The van der Waals surface area contributed by atoms with Crippen LogP contribution in [0.3, 0.4) is 0 Å². The molecule has 5 heteroatoms. The number of hydrogen-bond acceptors (Lipinski definition) is 3. The van der Waals surface area contributed by atoms with E-state index in [1.807, 2.05) is 18.2 Å². The van der Waals surface area contributed by atoms with Gasteiger partial charge in [0.15, 0.2) is 0 Å². The van der Waals surface area contributed by atoms with Crippen LogP contribution in [0.15, 0.2) is 36.4 Å². The third kappa shape index (κ3) is 2.32. The quantitative estimate of drug-likeness (QED) is 0.867. The maximum atomic E-state index is 12.8. The molecule has 0 saturated heterocycles. The Hall–Kier alpha value is -2.20. The number of halogens is 1. The van der Waals surface area contributed by atoms with Gasteiger partial charge < -0.3 is 15.4 Å². The van der Waals surface area contributed by atoms with Gasteiger partial charge in [-0.05, 0) is 36.8 Å². The highest BCUT2D eigenvalue weighted by Gasteiger charge is 2.28. The van der Waals surface area contributed by atoms with Crippen LogP contribution in [0, 0.1) is 0 Å². The maximum Gasteiger partial charge on any atom is 0.262 e. The molecule has 0 radical (unpaired) electrons. The Morgan fingerprint density at radius 2 is 2.14 bits per heavy atom. The molecule has 0 unspecified atom stereocenters. The van der Waals surface area contributed by atoms with Crippen LogP contribution < -0.4 is 15.4 Å². The van der Waals surface area contributed by atoms with Gasteiger partial charge in [-0.1, -0.05) is 17.7 Å². The summed E-state index contributed by atoms with van der Waals surface area (Å²) in [5.74, 6) is 0.373. The largest absolute Gasteiger partial charge is 0.496 e. The SMILES string of the molecule is COc1cc(Cl)ccc1C(=O)N1CCc2c(N)cccc21. The van der Waals surface area contributed by atoms with Crippen molar-refractivity contribution in [2.75, 3.05) is 24.3 Å². The molecule has 0 saturated carbocycles. The van der Waals surface area contributed by atoms with Crippen molar-refractivity contribution in [3.05, 3.63) is 52.5 Å². The Kier molecular flexibility index (Phi) is 3.47. The summed E-state index contributed by atoms with van der Waals surface area (Å²) in [6.45, 7) is 0.619. The van der Waals surface area contributed by atoms with Gasteiger partial charge in [0.25, 0.3) is 5.91 Å². The second-order valence-corrected chi connectivity index (χ2v) is 5.33. The van der Waals surface area contributed by atoms with Crippen LogP contribution in [0.1, 0.15) is 15.9 Å². The summed E-state index contributed by atoms with van der Waals surface area (Å²) >= 11 is 5.94. The van der Waals surface area contributed by atoms with E-state index in [1.165, 1.54) is 7.11 Å². The number of amides is 1. The summed E-state index contributed by atoms with van der Waals surface area (Å²) in [4.78, 5) is 14.5. The summed E-state index contributed by atoms with van der Waals surface area (Å²) in [6.07, 6.45) is 0.768. The highest BCUT2D eigenvalue weighted by atomic mass is 35.5. The molecule has 3 rings (SSSR count). The lowest BCUT2D eigenvalue weighted by molar-refractivity contribution is 0.0986. The Morgan fingerprint density at radius 3 is 2.90 bits per heavy atom. The normalized spacial score (nSPS) is 13.1. The fourth-order valence-corrected chi connectivity index (χ4v) is 2.82. The molecular weight excluding hydrogens is 288 g/mol. The zero-order valence-corrected chi connectivity index (χ0v) is 12.4. The van der Waals surface area contributed by atoms with E-state index in [-0.39, 0.29) is 5.91 Å². The number of nitrogens with zero attached hydrogens (tertiary/aromatic N) is 1. The van der Waals surface area contributed by atoms with Gasteiger partial charge in [0, 0.05) is 28.5 Å². The van der Waals surface area contributed by atoms with Crippen LogP contribution in [0.2, 0.25) is 5.02 Å². The predicted octanol–water partition coefficient (Wildman–Crippen LogP) is 3.13. The van der Waals surface area contributed by atoms with Gasteiger partial charge in [0.2, 0.25) is 0 Å². The zero-order chi connectivity index (χ0) is 15.0. The van der Waals surface area contributed by atoms with Gasteiger partial charge >= 0.3 is 0 Å². The number of fused-ring (bicyclic) bond motifs is 1. The number of methoxy groups -OCH3 is 1. The number of hydrogen-bond donors (Lipinski definition) is 1. The van der Waals surface area contributed by atoms with Crippen molar-refractivity contribution in [1.82, 2.24) is 0 Å². The van der Waals surface area contributed by atoms with Gasteiger partial charge in [-0.25, -0.2) is 0 Å². The highest BCUT2D eigenvalue weighted by molar-refractivity contribution is 6.31. The molecule has 2 aromatic carbocycles. The fraction of sp³-hybridized carbons (Fsp3) is 0.188. The number of carbonyl (C=O) groups is 1. The summed E-state index contributed by atoms with van der Waals surface area (Å²) in [5, 5.41) is 0.537.